The van der Waals surface area contributed by atoms with Crippen LogP contribution in [0.1, 0.15) is 26.3 Å². The van der Waals surface area contributed by atoms with Crippen molar-refractivity contribution in [3.05, 3.63) is 23.8 Å². The molecule has 1 aromatic carbocycles. The molecule has 0 atom stereocenters. The summed E-state index contributed by atoms with van der Waals surface area (Å²) in [5.74, 6) is 0. The molecular formula is C14H20N2O2. The number of amides is 1. The molecule has 0 aromatic heterocycles. The number of ether oxygens (including phenoxy) is 1. The molecule has 1 amide bonds. The van der Waals surface area contributed by atoms with Crippen molar-refractivity contribution in [2.45, 2.75) is 32.8 Å². The maximum atomic E-state index is 12.1. The van der Waals surface area contributed by atoms with Gasteiger partial charge in [-0.15, -0.1) is 0 Å². The molecule has 1 N–H and O–H groups in total. The van der Waals surface area contributed by atoms with Crippen LogP contribution in [0.15, 0.2) is 18.2 Å². The molecule has 4 nitrogen and oxygen atoms in total. The Morgan fingerprint density at radius 3 is 2.72 bits per heavy atom. The molecule has 1 aliphatic heterocycles. The molecule has 0 saturated carbocycles. The molecule has 1 aliphatic rings. The number of nitrogens with zero attached hydrogens (tertiary/aromatic N) is 1. The summed E-state index contributed by atoms with van der Waals surface area (Å²) in [7, 11) is 1.89. The Hall–Kier alpha value is -1.71. The van der Waals surface area contributed by atoms with Crippen molar-refractivity contribution >= 4 is 17.5 Å². The lowest BCUT2D eigenvalue weighted by Gasteiger charge is -2.24. The lowest BCUT2D eigenvalue weighted by molar-refractivity contribution is 0.0584. The first-order chi connectivity index (χ1) is 8.40. The van der Waals surface area contributed by atoms with E-state index in [-0.39, 0.29) is 6.09 Å². The molecule has 98 valence electrons. The maximum absolute atomic E-state index is 12.1. The van der Waals surface area contributed by atoms with E-state index in [1.807, 2.05) is 40.0 Å². The number of hydrogen-bond donors (Lipinski definition) is 1. The number of carbonyl (C=O) groups is 1. The summed E-state index contributed by atoms with van der Waals surface area (Å²) in [4.78, 5) is 13.8. The summed E-state index contributed by atoms with van der Waals surface area (Å²) in [5.41, 5.74) is 2.76. The fourth-order valence-corrected chi connectivity index (χ4v) is 2.06. The van der Waals surface area contributed by atoms with E-state index >= 15 is 0 Å². The molecule has 1 aromatic rings. The zero-order chi connectivity index (χ0) is 13.3. The topological polar surface area (TPSA) is 41.6 Å². The average Bonchev–Trinajstić information content (AvgIpc) is 2.69. The van der Waals surface area contributed by atoms with E-state index in [9.17, 15) is 4.79 Å². The van der Waals surface area contributed by atoms with Crippen molar-refractivity contribution in [1.29, 1.82) is 0 Å². The number of anilines is 2. The van der Waals surface area contributed by atoms with E-state index in [2.05, 4.69) is 11.4 Å². The van der Waals surface area contributed by atoms with Crippen molar-refractivity contribution < 1.29 is 9.53 Å². The van der Waals surface area contributed by atoms with E-state index in [1.165, 1.54) is 5.56 Å². The highest BCUT2D eigenvalue weighted by Crippen LogP contribution is 2.31. The third-order valence-corrected chi connectivity index (χ3v) is 2.88. The van der Waals surface area contributed by atoms with E-state index in [4.69, 9.17) is 4.74 Å². The molecule has 0 unspecified atom stereocenters. The highest BCUT2D eigenvalue weighted by Gasteiger charge is 2.28. The fourth-order valence-electron chi connectivity index (χ4n) is 2.06. The summed E-state index contributed by atoms with van der Waals surface area (Å²) >= 11 is 0. The second kappa shape index (κ2) is 4.52. The molecule has 18 heavy (non-hydrogen) atoms. The molecule has 0 aliphatic carbocycles. The first-order valence-electron chi connectivity index (χ1n) is 6.22. The molecule has 2 rings (SSSR count). The van der Waals surface area contributed by atoms with E-state index < -0.39 is 5.60 Å². The lowest BCUT2D eigenvalue weighted by atomic mass is 10.1. The standard InChI is InChI=1S/C14H20N2O2/c1-14(2,3)18-13(17)16-8-7-10-9-11(15-4)5-6-12(10)16/h5-6,9,15H,7-8H2,1-4H3. The van der Waals surface area contributed by atoms with Crippen LogP contribution in [0.5, 0.6) is 0 Å². The third kappa shape index (κ3) is 2.58. The molecule has 0 fully saturated rings. The van der Waals surface area contributed by atoms with Crippen LogP contribution >= 0.6 is 0 Å². The third-order valence-electron chi connectivity index (χ3n) is 2.88. The quantitative estimate of drug-likeness (QED) is 0.830. The number of benzene rings is 1. The summed E-state index contributed by atoms with van der Waals surface area (Å²) in [6, 6.07) is 6.03. The molecule has 0 spiro atoms. The normalized spacial score (nSPS) is 14.3. The Balaban J connectivity index is 2.19. The van der Waals surface area contributed by atoms with Crippen LogP contribution in [0.3, 0.4) is 0 Å². The number of nitrogens with one attached hydrogen (secondary N) is 1. The van der Waals surface area contributed by atoms with Gasteiger partial charge in [0, 0.05) is 19.3 Å². The Bertz CT molecular complexity index is 463. The molecular weight excluding hydrogens is 228 g/mol. The number of fused-ring (bicyclic) bond motifs is 1. The second-order valence-electron chi connectivity index (χ2n) is 5.48. The van der Waals surface area contributed by atoms with Crippen molar-refractivity contribution in [2.24, 2.45) is 0 Å². The van der Waals surface area contributed by atoms with Gasteiger partial charge in [-0.25, -0.2) is 4.79 Å². The van der Waals surface area contributed by atoms with Crippen LogP contribution in [-0.2, 0) is 11.2 Å². The lowest BCUT2D eigenvalue weighted by Crippen LogP contribution is -2.35. The largest absolute Gasteiger partial charge is 0.443 e. The zero-order valence-electron chi connectivity index (χ0n) is 11.4. The number of rotatable bonds is 1. The Labute approximate surface area is 108 Å². The van der Waals surface area contributed by atoms with Gasteiger partial charge >= 0.3 is 6.09 Å². The average molecular weight is 248 g/mol. The van der Waals surface area contributed by atoms with Crippen LogP contribution in [0.2, 0.25) is 0 Å². The van der Waals surface area contributed by atoms with Gasteiger partial charge in [0.2, 0.25) is 0 Å². The minimum atomic E-state index is -0.454. The van der Waals surface area contributed by atoms with Gasteiger partial charge in [-0.1, -0.05) is 0 Å². The van der Waals surface area contributed by atoms with Gasteiger partial charge in [-0.3, -0.25) is 4.90 Å². The van der Waals surface area contributed by atoms with Gasteiger partial charge in [0.25, 0.3) is 0 Å². The Morgan fingerprint density at radius 2 is 2.11 bits per heavy atom. The first-order valence-corrected chi connectivity index (χ1v) is 6.22. The van der Waals surface area contributed by atoms with Gasteiger partial charge in [0.1, 0.15) is 5.60 Å². The summed E-state index contributed by atoms with van der Waals surface area (Å²) < 4.78 is 5.41. The van der Waals surface area contributed by atoms with Crippen LogP contribution in [0.4, 0.5) is 16.2 Å². The van der Waals surface area contributed by atoms with Crippen LogP contribution in [-0.4, -0.2) is 25.3 Å². The summed E-state index contributed by atoms with van der Waals surface area (Å²) in [6.07, 6.45) is 0.614. The molecule has 0 saturated heterocycles. The summed E-state index contributed by atoms with van der Waals surface area (Å²) in [6.45, 7) is 6.33. The molecule has 1 heterocycles. The highest BCUT2D eigenvalue weighted by atomic mass is 16.6. The monoisotopic (exact) mass is 248 g/mol. The van der Waals surface area contributed by atoms with Gasteiger partial charge in [0.05, 0.1) is 5.69 Å². The van der Waals surface area contributed by atoms with E-state index in [1.54, 1.807) is 4.90 Å². The number of carbonyl (C=O) groups excluding carboxylic acids is 1. The first kappa shape index (κ1) is 12.7. The Kier molecular flexibility index (Phi) is 3.20. The minimum Gasteiger partial charge on any atom is -0.443 e. The van der Waals surface area contributed by atoms with Crippen molar-refractivity contribution in [2.75, 3.05) is 23.8 Å². The smallest absolute Gasteiger partial charge is 0.414 e. The van der Waals surface area contributed by atoms with Gasteiger partial charge in [0.15, 0.2) is 0 Å². The highest BCUT2D eigenvalue weighted by molar-refractivity contribution is 5.91. The minimum absolute atomic E-state index is 0.265. The zero-order valence-corrected chi connectivity index (χ0v) is 11.4. The predicted molar refractivity (Wildman–Crippen MR) is 73.3 cm³/mol. The summed E-state index contributed by atoms with van der Waals surface area (Å²) in [5, 5.41) is 3.10. The predicted octanol–water partition coefficient (Wildman–Crippen LogP) is 3.03. The van der Waals surface area contributed by atoms with Crippen LogP contribution in [0, 0.1) is 0 Å². The van der Waals surface area contributed by atoms with Gasteiger partial charge in [-0.2, -0.15) is 0 Å². The van der Waals surface area contributed by atoms with Gasteiger partial charge in [-0.05, 0) is 51.0 Å². The van der Waals surface area contributed by atoms with Crippen LogP contribution < -0.4 is 10.2 Å². The second-order valence-corrected chi connectivity index (χ2v) is 5.48. The Morgan fingerprint density at radius 1 is 1.39 bits per heavy atom. The van der Waals surface area contributed by atoms with Crippen molar-refractivity contribution in [3.63, 3.8) is 0 Å². The van der Waals surface area contributed by atoms with Crippen LogP contribution in [0.25, 0.3) is 0 Å². The van der Waals surface area contributed by atoms with Crippen molar-refractivity contribution in [1.82, 2.24) is 0 Å². The fraction of sp³-hybridized carbons (Fsp3) is 0.500. The van der Waals surface area contributed by atoms with Crippen molar-refractivity contribution in [3.8, 4) is 0 Å². The SMILES string of the molecule is CNc1ccc2c(c1)CCN2C(=O)OC(C)(C)C. The van der Waals surface area contributed by atoms with E-state index in [0.717, 1.165) is 17.8 Å². The molecule has 0 radical (unpaired) electrons. The van der Waals surface area contributed by atoms with Gasteiger partial charge < -0.3 is 10.1 Å². The maximum Gasteiger partial charge on any atom is 0.414 e. The molecule has 4 heteroatoms. The molecule has 0 bridgehead atoms. The van der Waals surface area contributed by atoms with E-state index in [0.29, 0.717) is 6.54 Å². The number of hydrogen-bond acceptors (Lipinski definition) is 3.